The molecule has 0 aromatic rings. The smallest absolute Gasteiger partial charge is 0.377 e. The van der Waals surface area contributed by atoms with E-state index in [1.165, 1.54) is 0 Å². The quantitative estimate of drug-likeness (QED) is 0.657. The van der Waals surface area contributed by atoms with Crippen molar-refractivity contribution in [1.82, 2.24) is 0 Å². The molecule has 0 aromatic heterocycles. The summed E-state index contributed by atoms with van der Waals surface area (Å²) in [6, 6.07) is 0.806. The van der Waals surface area contributed by atoms with Crippen molar-refractivity contribution in [3.63, 3.8) is 0 Å². The Balaban J connectivity index is 4.19. The first-order chi connectivity index (χ1) is 6.45. The molecule has 2 N–H and O–H groups in total. The molecule has 0 amide bonds. The van der Waals surface area contributed by atoms with Crippen LogP contribution in [0.15, 0.2) is 0 Å². The van der Waals surface area contributed by atoms with E-state index in [9.17, 15) is 0 Å². The molecule has 0 bridgehead atoms. The van der Waals surface area contributed by atoms with E-state index < -0.39 is 8.80 Å². The molecular formula is C9H23NO3Si. The number of rotatable bonds is 7. The van der Waals surface area contributed by atoms with Crippen molar-refractivity contribution >= 4 is 8.80 Å². The predicted molar refractivity (Wildman–Crippen MR) is 59.0 cm³/mol. The Bertz CT molecular complexity index is 152. The van der Waals surface area contributed by atoms with Crippen LogP contribution in [0.1, 0.15) is 20.3 Å². The fourth-order valence-electron chi connectivity index (χ4n) is 1.15. The van der Waals surface area contributed by atoms with Crippen LogP contribution >= 0.6 is 0 Å². The van der Waals surface area contributed by atoms with Gasteiger partial charge in [0.2, 0.25) is 0 Å². The Hall–Kier alpha value is 0.0569. The lowest BCUT2D eigenvalue weighted by Gasteiger charge is -2.29. The molecule has 0 aliphatic heterocycles. The van der Waals surface area contributed by atoms with Gasteiger partial charge in [0.05, 0.1) is 0 Å². The molecule has 0 aliphatic rings. The van der Waals surface area contributed by atoms with Crippen molar-refractivity contribution in [1.29, 1.82) is 0 Å². The molecule has 0 rings (SSSR count). The highest BCUT2D eigenvalue weighted by Crippen LogP contribution is 2.26. The summed E-state index contributed by atoms with van der Waals surface area (Å²) in [7, 11) is 2.50. The van der Waals surface area contributed by atoms with Gasteiger partial charge in [-0.15, -0.1) is 0 Å². The molecule has 0 radical (unpaired) electrons. The average molecular weight is 221 g/mol. The molecule has 0 spiro atoms. The van der Waals surface area contributed by atoms with Gasteiger partial charge < -0.3 is 19.0 Å². The van der Waals surface area contributed by atoms with Gasteiger partial charge in [-0.05, 0) is 18.4 Å². The van der Waals surface area contributed by atoms with E-state index in [4.69, 9.17) is 19.0 Å². The van der Waals surface area contributed by atoms with E-state index in [-0.39, 0.29) is 5.41 Å². The largest absolute Gasteiger partial charge is 0.500 e. The van der Waals surface area contributed by atoms with Crippen LogP contribution in [0, 0.1) is 5.41 Å². The van der Waals surface area contributed by atoms with Gasteiger partial charge in [0.1, 0.15) is 0 Å². The minimum Gasteiger partial charge on any atom is -0.377 e. The molecule has 0 heterocycles. The lowest BCUT2D eigenvalue weighted by molar-refractivity contribution is 0.118. The fraction of sp³-hybridized carbons (Fsp3) is 1.00. The van der Waals surface area contributed by atoms with E-state index in [2.05, 4.69) is 13.8 Å². The molecule has 4 nitrogen and oxygen atoms in total. The zero-order valence-corrected chi connectivity index (χ0v) is 10.9. The molecule has 5 heteroatoms. The topological polar surface area (TPSA) is 53.7 Å². The maximum absolute atomic E-state index is 5.65. The molecule has 0 saturated heterocycles. The standard InChI is InChI=1S/C9H23NO3Si/c1-9(2,8-10)6-7-14(11-3,12-4)13-5/h6-8,10H2,1-5H3. The van der Waals surface area contributed by atoms with Gasteiger partial charge in [-0.3, -0.25) is 0 Å². The van der Waals surface area contributed by atoms with Gasteiger partial charge in [0, 0.05) is 27.4 Å². The van der Waals surface area contributed by atoms with Crippen LogP contribution in [0.4, 0.5) is 0 Å². The Labute approximate surface area is 88.1 Å². The van der Waals surface area contributed by atoms with E-state index in [0.29, 0.717) is 6.54 Å². The summed E-state index contributed by atoms with van der Waals surface area (Å²) in [5.41, 5.74) is 5.77. The van der Waals surface area contributed by atoms with Gasteiger partial charge in [-0.25, -0.2) is 0 Å². The van der Waals surface area contributed by atoms with Crippen LogP contribution in [0.25, 0.3) is 0 Å². The van der Waals surface area contributed by atoms with Crippen molar-refractivity contribution < 1.29 is 13.3 Å². The molecule has 0 unspecified atom stereocenters. The molecule has 0 aliphatic carbocycles. The van der Waals surface area contributed by atoms with Crippen molar-refractivity contribution in [2.24, 2.45) is 11.1 Å². The highest BCUT2D eigenvalue weighted by Gasteiger charge is 2.38. The normalized spacial score (nSPS) is 13.3. The van der Waals surface area contributed by atoms with Crippen LogP contribution in [-0.4, -0.2) is 36.7 Å². The van der Waals surface area contributed by atoms with E-state index in [0.717, 1.165) is 12.5 Å². The third kappa shape index (κ3) is 4.06. The highest BCUT2D eigenvalue weighted by molar-refractivity contribution is 6.60. The summed E-state index contributed by atoms with van der Waals surface area (Å²) in [4.78, 5) is 0. The predicted octanol–water partition coefficient (Wildman–Crippen LogP) is 1.24. The van der Waals surface area contributed by atoms with Gasteiger partial charge in [0.25, 0.3) is 0 Å². The summed E-state index contributed by atoms with van der Waals surface area (Å²) < 4.78 is 16.0. The summed E-state index contributed by atoms with van der Waals surface area (Å²) >= 11 is 0. The molecule has 0 fully saturated rings. The van der Waals surface area contributed by atoms with E-state index in [1.807, 2.05) is 0 Å². The van der Waals surface area contributed by atoms with E-state index in [1.54, 1.807) is 21.3 Å². The molecule has 14 heavy (non-hydrogen) atoms. The number of nitrogens with two attached hydrogens (primary N) is 1. The Morgan fingerprint density at radius 3 is 1.79 bits per heavy atom. The zero-order chi connectivity index (χ0) is 11.2. The van der Waals surface area contributed by atoms with Crippen molar-refractivity contribution in [3.8, 4) is 0 Å². The van der Waals surface area contributed by atoms with Gasteiger partial charge in [-0.2, -0.15) is 0 Å². The Morgan fingerprint density at radius 1 is 1.07 bits per heavy atom. The third-order valence-electron chi connectivity index (χ3n) is 2.59. The summed E-state index contributed by atoms with van der Waals surface area (Å²) in [5.74, 6) is 0. The number of hydrogen-bond acceptors (Lipinski definition) is 4. The Kier molecular flexibility index (Phi) is 5.85. The molecule has 0 saturated carbocycles. The van der Waals surface area contributed by atoms with Crippen LogP contribution in [0.5, 0.6) is 0 Å². The monoisotopic (exact) mass is 221 g/mol. The van der Waals surface area contributed by atoms with Crippen molar-refractivity contribution in [3.05, 3.63) is 0 Å². The first-order valence-corrected chi connectivity index (χ1v) is 6.74. The third-order valence-corrected chi connectivity index (χ3v) is 5.32. The highest BCUT2D eigenvalue weighted by atomic mass is 28.4. The van der Waals surface area contributed by atoms with Gasteiger partial charge >= 0.3 is 8.80 Å². The molecule has 0 atom stereocenters. The second-order valence-corrected chi connectivity index (χ2v) is 7.25. The fourth-order valence-corrected chi connectivity index (χ4v) is 3.25. The zero-order valence-electron chi connectivity index (χ0n) is 9.92. The van der Waals surface area contributed by atoms with Crippen LogP contribution < -0.4 is 5.73 Å². The molecular weight excluding hydrogens is 198 g/mol. The second kappa shape index (κ2) is 5.82. The summed E-state index contributed by atoms with van der Waals surface area (Å²) in [6.07, 6.45) is 0.950. The summed E-state index contributed by atoms with van der Waals surface area (Å²) in [5, 5.41) is 0. The van der Waals surface area contributed by atoms with Crippen molar-refractivity contribution in [2.75, 3.05) is 27.9 Å². The maximum atomic E-state index is 5.65. The molecule has 86 valence electrons. The molecule has 0 aromatic carbocycles. The van der Waals surface area contributed by atoms with Crippen molar-refractivity contribution in [2.45, 2.75) is 26.3 Å². The minimum absolute atomic E-state index is 0.119. The van der Waals surface area contributed by atoms with Crippen LogP contribution in [0.2, 0.25) is 6.04 Å². The summed E-state index contributed by atoms with van der Waals surface area (Å²) in [6.45, 7) is 4.93. The van der Waals surface area contributed by atoms with Gasteiger partial charge in [0.15, 0.2) is 0 Å². The Morgan fingerprint density at radius 2 is 1.50 bits per heavy atom. The van der Waals surface area contributed by atoms with Gasteiger partial charge in [-0.1, -0.05) is 13.8 Å². The average Bonchev–Trinajstić information content (AvgIpc) is 2.21. The first-order valence-electron chi connectivity index (χ1n) is 4.81. The SMILES string of the molecule is CO[Si](CCC(C)(C)CN)(OC)OC. The lowest BCUT2D eigenvalue weighted by Crippen LogP contribution is -2.44. The second-order valence-electron chi connectivity index (χ2n) is 4.16. The number of hydrogen-bond donors (Lipinski definition) is 1. The van der Waals surface area contributed by atoms with Crippen LogP contribution in [-0.2, 0) is 13.3 Å². The van der Waals surface area contributed by atoms with Crippen LogP contribution in [0.3, 0.4) is 0 Å². The maximum Gasteiger partial charge on any atom is 0.500 e. The van der Waals surface area contributed by atoms with E-state index >= 15 is 0 Å². The first kappa shape index (κ1) is 14.1. The minimum atomic E-state index is -2.40. The lowest BCUT2D eigenvalue weighted by atomic mass is 9.91.